The number of fused-ring (bicyclic) bond motifs is 1. The molecule has 0 saturated carbocycles. The van der Waals surface area contributed by atoms with Gasteiger partial charge in [0.2, 0.25) is 0 Å². The number of amides is 1. The van der Waals surface area contributed by atoms with Crippen LogP contribution >= 0.6 is 0 Å². The summed E-state index contributed by atoms with van der Waals surface area (Å²) in [6.07, 6.45) is 5.76. The number of nitrogens with zero attached hydrogens (tertiary/aromatic N) is 3. The Labute approximate surface area is 156 Å². The summed E-state index contributed by atoms with van der Waals surface area (Å²) < 4.78 is 18.6. The molecule has 1 aliphatic heterocycles. The Kier molecular flexibility index (Phi) is 4.91. The van der Waals surface area contributed by atoms with Crippen LogP contribution < -0.4 is 5.32 Å². The molecule has 1 saturated heterocycles. The maximum Gasteiger partial charge on any atom is 0.253 e. The lowest BCUT2D eigenvalue weighted by atomic mass is 10.1. The minimum absolute atomic E-state index is 0.120. The lowest BCUT2D eigenvalue weighted by molar-refractivity contribution is -0.0739. The number of aromatic nitrogens is 3. The zero-order valence-electron chi connectivity index (χ0n) is 15.3. The quantitative estimate of drug-likeness (QED) is 0.739. The van der Waals surface area contributed by atoms with Crippen LogP contribution in [-0.4, -0.2) is 45.8 Å². The van der Waals surface area contributed by atoms with Crippen molar-refractivity contribution in [3.8, 4) is 0 Å². The van der Waals surface area contributed by atoms with Gasteiger partial charge in [0.15, 0.2) is 0 Å². The van der Waals surface area contributed by atoms with Crippen LogP contribution in [0.4, 0.5) is 0 Å². The second-order valence-corrected chi connectivity index (χ2v) is 6.71. The van der Waals surface area contributed by atoms with Gasteiger partial charge in [-0.3, -0.25) is 4.79 Å². The second-order valence-electron chi connectivity index (χ2n) is 6.71. The Morgan fingerprint density at radius 2 is 2.30 bits per heavy atom. The number of hydrogen-bond acceptors (Lipinski definition) is 6. The third-order valence-corrected chi connectivity index (χ3v) is 4.89. The number of imidazole rings is 1. The molecule has 3 aromatic rings. The average molecular weight is 370 g/mol. The van der Waals surface area contributed by atoms with Crippen LogP contribution in [0.15, 0.2) is 35.2 Å². The molecule has 1 aliphatic rings. The van der Waals surface area contributed by atoms with E-state index < -0.39 is 0 Å². The number of nitrogens with one attached hydrogen (secondary N) is 1. The fourth-order valence-electron chi connectivity index (χ4n) is 3.25. The summed E-state index contributed by atoms with van der Waals surface area (Å²) in [4.78, 5) is 16.9. The summed E-state index contributed by atoms with van der Waals surface area (Å²) in [6, 6.07) is 3.48. The number of rotatable bonds is 5. The van der Waals surface area contributed by atoms with E-state index in [9.17, 15) is 4.79 Å². The van der Waals surface area contributed by atoms with Gasteiger partial charge in [-0.25, -0.2) is 4.98 Å². The van der Waals surface area contributed by atoms with Crippen molar-refractivity contribution in [2.24, 2.45) is 0 Å². The molecule has 1 N–H and O–H groups in total. The lowest BCUT2D eigenvalue weighted by Crippen LogP contribution is -2.50. The molecule has 4 rings (SSSR count). The zero-order valence-corrected chi connectivity index (χ0v) is 15.3. The smallest absolute Gasteiger partial charge is 0.253 e. The van der Waals surface area contributed by atoms with E-state index in [0.29, 0.717) is 31.8 Å². The topological polar surface area (TPSA) is 90.9 Å². The van der Waals surface area contributed by atoms with Crippen LogP contribution in [0, 0.1) is 13.8 Å². The summed E-state index contributed by atoms with van der Waals surface area (Å²) in [7, 11) is 0. The van der Waals surface area contributed by atoms with Crippen molar-refractivity contribution in [3.05, 3.63) is 53.3 Å². The first kappa shape index (κ1) is 17.7. The molecule has 1 amide bonds. The SMILES string of the molecule is Cc1noc(C)c1CO[C@@H]1COCC[C@H]1NC(=O)c1ccc2nccn2c1. The molecule has 0 aliphatic carbocycles. The van der Waals surface area contributed by atoms with E-state index in [0.717, 1.165) is 22.7 Å². The third kappa shape index (κ3) is 3.72. The van der Waals surface area contributed by atoms with E-state index in [1.807, 2.05) is 30.5 Å². The van der Waals surface area contributed by atoms with Crippen LogP contribution in [0.3, 0.4) is 0 Å². The van der Waals surface area contributed by atoms with E-state index in [1.54, 1.807) is 18.5 Å². The molecule has 8 heteroatoms. The van der Waals surface area contributed by atoms with Gasteiger partial charge in [-0.05, 0) is 32.4 Å². The molecule has 0 aromatic carbocycles. The molecule has 8 nitrogen and oxygen atoms in total. The van der Waals surface area contributed by atoms with Crippen LogP contribution in [0.5, 0.6) is 0 Å². The molecule has 0 bridgehead atoms. The Balaban J connectivity index is 1.43. The van der Waals surface area contributed by atoms with Gasteiger partial charge in [0, 0.05) is 30.8 Å². The molecule has 3 aromatic heterocycles. The second kappa shape index (κ2) is 7.50. The van der Waals surface area contributed by atoms with Gasteiger partial charge in [-0.1, -0.05) is 5.16 Å². The third-order valence-electron chi connectivity index (χ3n) is 4.89. The van der Waals surface area contributed by atoms with Crippen molar-refractivity contribution in [2.45, 2.75) is 39.0 Å². The minimum atomic E-state index is -0.228. The number of carbonyl (C=O) groups is 1. The first-order valence-electron chi connectivity index (χ1n) is 8.96. The highest BCUT2D eigenvalue weighted by Gasteiger charge is 2.29. The van der Waals surface area contributed by atoms with E-state index in [-0.39, 0.29) is 18.1 Å². The van der Waals surface area contributed by atoms with Crippen molar-refractivity contribution in [3.63, 3.8) is 0 Å². The summed E-state index contributed by atoms with van der Waals surface area (Å²) in [6.45, 7) is 5.16. The summed E-state index contributed by atoms with van der Waals surface area (Å²) in [5, 5.41) is 7.03. The highest BCUT2D eigenvalue weighted by molar-refractivity contribution is 5.94. The molecule has 27 heavy (non-hydrogen) atoms. The first-order valence-corrected chi connectivity index (χ1v) is 8.96. The van der Waals surface area contributed by atoms with Crippen LogP contribution in [-0.2, 0) is 16.1 Å². The zero-order chi connectivity index (χ0) is 18.8. The molecule has 0 spiro atoms. The Bertz CT molecular complexity index is 929. The number of pyridine rings is 1. The van der Waals surface area contributed by atoms with Crippen molar-refractivity contribution in [1.82, 2.24) is 19.9 Å². The highest BCUT2D eigenvalue weighted by atomic mass is 16.5. The molecular formula is C19H22N4O4. The van der Waals surface area contributed by atoms with E-state index >= 15 is 0 Å². The summed E-state index contributed by atoms with van der Waals surface area (Å²) in [5.74, 6) is 0.613. The first-order chi connectivity index (χ1) is 13.1. The predicted octanol–water partition coefficient (Wildman–Crippen LogP) is 2.04. The van der Waals surface area contributed by atoms with Gasteiger partial charge < -0.3 is 23.7 Å². The standard InChI is InChI=1S/C19H22N4O4/c1-12-15(13(2)27-22-12)10-26-17-11-25-8-5-16(17)21-19(24)14-3-4-18-20-6-7-23(18)9-14/h3-4,6-7,9,16-17H,5,8,10-11H2,1-2H3,(H,21,24)/t16-,17-/m1/s1. The number of ether oxygens (including phenoxy) is 2. The Morgan fingerprint density at radius 1 is 1.41 bits per heavy atom. The van der Waals surface area contributed by atoms with Crippen LogP contribution in [0.1, 0.15) is 33.8 Å². The fraction of sp³-hybridized carbons (Fsp3) is 0.421. The van der Waals surface area contributed by atoms with E-state index in [2.05, 4.69) is 15.5 Å². The lowest BCUT2D eigenvalue weighted by Gasteiger charge is -2.32. The fourth-order valence-corrected chi connectivity index (χ4v) is 3.25. The number of aryl methyl sites for hydroxylation is 2. The van der Waals surface area contributed by atoms with Crippen molar-refractivity contribution >= 4 is 11.6 Å². The number of carbonyl (C=O) groups excluding carboxylic acids is 1. The van der Waals surface area contributed by atoms with Gasteiger partial charge >= 0.3 is 0 Å². The predicted molar refractivity (Wildman–Crippen MR) is 96.4 cm³/mol. The van der Waals surface area contributed by atoms with Gasteiger partial charge in [-0.15, -0.1) is 0 Å². The van der Waals surface area contributed by atoms with Crippen molar-refractivity contribution in [2.75, 3.05) is 13.2 Å². The van der Waals surface area contributed by atoms with E-state index in [4.69, 9.17) is 14.0 Å². The van der Waals surface area contributed by atoms with Gasteiger partial charge in [-0.2, -0.15) is 0 Å². The van der Waals surface area contributed by atoms with Gasteiger partial charge in [0.1, 0.15) is 17.5 Å². The maximum absolute atomic E-state index is 12.7. The largest absolute Gasteiger partial charge is 0.379 e. The molecule has 142 valence electrons. The molecule has 0 radical (unpaired) electrons. The monoisotopic (exact) mass is 370 g/mol. The van der Waals surface area contributed by atoms with E-state index in [1.165, 1.54) is 0 Å². The van der Waals surface area contributed by atoms with Crippen molar-refractivity contribution < 1.29 is 18.8 Å². The van der Waals surface area contributed by atoms with Crippen LogP contribution in [0.2, 0.25) is 0 Å². The number of hydrogen-bond donors (Lipinski definition) is 1. The minimum Gasteiger partial charge on any atom is -0.379 e. The average Bonchev–Trinajstić information content (AvgIpc) is 3.27. The maximum atomic E-state index is 12.7. The van der Waals surface area contributed by atoms with Gasteiger partial charge in [0.25, 0.3) is 5.91 Å². The normalized spacial score (nSPS) is 20.1. The Morgan fingerprint density at radius 3 is 3.11 bits per heavy atom. The summed E-state index contributed by atoms with van der Waals surface area (Å²) in [5.41, 5.74) is 3.14. The molecule has 4 heterocycles. The molecule has 2 atom stereocenters. The van der Waals surface area contributed by atoms with Crippen molar-refractivity contribution in [1.29, 1.82) is 0 Å². The molecular weight excluding hydrogens is 348 g/mol. The van der Waals surface area contributed by atoms with Crippen LogP contribution in [0.25, 0.3) is 5.65 Å². The Hall–Kier alpha value is -2.71. The highest BCUT2D eigenvalue weighted by Crippen LogP contribution is 2.18. The van der Waals surface area contributed by atoms with Gasteiger partial charge in [0.05, 0.1) is 30.5 Å². The molecule has 0 unspecified atom stereocenters. The summed E-state index contributed by atoms with van der Waals surface area (Å²) >= 11 is 0. The molecule has 1 fully saturated rings.